The molecule has 1 saturated heterocycles. The maximum atomic E-state index is 12.0. The minimum Gasteiger partial charge on any atom is -0.494 e. The van der Waals surface area contributed by atoms with Gasteiger partial charge in [-0.1, -0.05) is 0 Å². The van der Waals surface area contributed by atoms with Crippen molar-refractivity contribution in [3.05, 3.63) is 18.2 Å². The van der Waals surface area contributed by atoms with Gasteiger partial charge in [0.15, 0.2) is 0 Å². The number of rotatable bonds is 4. The summed E-state index contributed by atoms with van der Waals surface area (Å²) in [7, 11) is 1.56. The second kappa shape index (κ2) is 6.68. The number of carbonyl (C=O) groups is 1. The van der Waals surface area contributed by atoms with E-state index >= 15 is 0 Å². The summed E-state index contributed by atoms with van der Waals surface area (Å²) in [4.78, 5) is 14.1. The summed E-state index contributed by atoms with van der Waals surface area (Å²) < 4.78 is 5.21. The Labute approximate surface area is 117 Å². The number of amides is 1. The number of nitrogens with one attached hydrogen (secondary N) is 1. The van der Waals surface area contributed by atoms with Gasteiger partial charge in [0.2, 0.25) is 5.91 Å². The van der Waals surface area contributed by atoms with Crippen LogP contribution in [0.25, 0.3) is 0 Å². The highest BCUT2D eigenvalue weighted by atomic mass is 32.2. The van der Waals surface area contributed by atoms with Gasteiger partial charge in [-0.15, -0.1) is 0 Å². The van der Waals surface area contributed by atoms with Crippen LogP contribution in [-0.2, 0) is 4.79 Å². The highest BCUT2D eigenvalue weighted by molar-refractivity contribution is 7.99. The molecule has 0 bridgehead atoms. The Morgan fingerprint density at radius 3 is 2.89 bits per heavy atom. The molecule has 1 fully saturated rings. The summed E-state index contributed by atoms with van der Waals surface area (Å²) in [5, 5.41) is 2.87. The van der Waals surface area contributed by atoms with Crippen LogP contribution in [0.1, 0.15) is 0 Å². The third-order valence-corrected chi connectivity index (χ3v) is 3.91. The molecule has 1 heterocycles. The molecule has 0 aliphatic carbocycles. The monoisotopic (exact) mass is 281 g/mol. The molecule has 104 valence electrons. The first-order valence-electron chi connectivity index (χ1n) is 6.22. The van der Waals surface area contributed by atoms with E-state index in [4.69, 9.17) is 10.5 Å². The summed E-state index contributed by atoms with van der Waals surface area (Å²) in [6.45, 7) is 2.36. The van der Waals surface area contributed by atoms with Crippen LogP contribution in [0.4, 0.5) is 11.4 Å². The Hall–Kier alpha value is -1.40. The van der Waals surface area contributed by atoms with Gasteiger partial charge in [0.25, 0.3) is 0 Å². The predicted octanol–water partition coefficient (Wildman–Crippen LogP) is 1.26. The fraction of sp³-hybridized carbons (Fsp3) is 0.462. The number of ether oxygens (including phenoxy) is 1. The van der Waals surface area contributed by atoms with Crippen LogP contribution in [0.15, 0.2) is 18.2 Å². The van der Waals surface area contributed by atoms with E-state index in [1.54, 1.807) is 25.3 Å². The molecule has 0 unspecified atom stereocenters. The molecule has 5 nitrogen and oxygen atoms in total. The normalized spacial score (nSPS) is 16.1. The third kappa shape index (κ3) is 4.04. The van der Waals surface area contributed by atoms with Gasteiger partial charge in [-0.05, 0) is 12.1 Å². The van der Waals surface area contributed by atoms with Crippen LogP contribution >= 0.6 is 11.8 Å². The Kier molecular flexibility index (Phi) is 4.93. The van der Waals surface area contributed by atoms with Gasteiger partial charge in [-0.3, -0.25) is 9.69 Å². The van der Waals surface area contributed by atoms with E-state index in [0.717, 1.165) is 24.6 Å². The first kappa shape index (κ1) is 14.0. The maximum absolute atomic E-state index is 12.0. The molecule has 0 atom stereocenters. The van der Waals surface area contributed by atoms with Crippen molar-refractivity contribution in [3.63, 3.8) is 0 Å². The average Bonchev–Trinajstić information content (AvgIpc) is 2.42. The molecule has 1 amide bonds. The second-order valence-corrected chi connectivity index (χ2v) is 5.62. The number of thioether (sulfide) groups is 1. The average molecular weight is 281 g/mol. The fourth-order valence-electron chi connectivity index (χ4n) is 1.96. The molecule has 6 heteroatoms. The lowest BCUT2D eigenvalue weighted by Gasteiger charge is -2.25. The molecule has 1 aromatic carbocycles. The zero-order valence-corrected chi connectivity index (χ0v) is 11.8. The molecular weight excluding hydrogens is 262 g/mol. The summed E-state index contributed by atoms with van der Waals surface area (Å²) >= 11 is 1.93. The van der Waals surface area contributed by atoms with Crippen LogP contribution in [0.5, 0.6) is 5.75 Å². The van der Waals surface area contributed by atoms with Crippen molar-refractivity contribution in [2.75, 3.05) is 49.3 Å². The molecule has 19 heavy (non-hydrogen) atoms. The molecular formula is C13H19N3O2S. The molecule has 1 aliphatic rings. The van der Waals surface area contributed by atoms with Crippen LogP contribution < -0.4 is 15.8 Å². The smallest absolute Gasteiger partial charge is 0.238 e. The van der Waals surface area contributed by atoms with Gasteiger partial charge in [0, 0.05) is 36.3 Å². The molecule has 0 spiro atoms. The van der Waals surface area contributed by atoms with E-state index in [1.165, 1.54) is 0 Å². The summed E-state index contributed by atoms with van der Waals surface area (Å²) in [5.41, 5.74) is 6.95. The first-order valence-corrected chi connectivity index (χ1v) is 7.38. The number of nitrogen functional groups attached to an aromatic ring is 1. The topological polar surface area (TPSA) is 67.6 Å². The van der Waals surface area contributed by atoms with E-state index in [0.29, 0.717) is 23.7 Å². The molecule has 1 aromatic rings. The van der Waals surface area contributed by atoms with Crippen molar-refractivity contribution in [2.45, 2.75) is 0 Å². The van der Waals surface area contributed by atoms with E-state index in [1.807, 2.05) is 11.8 Å². The molecule has 0 radical (unpaired) electrons. The van der Waals surface area contributed by atoms with Crippen molar-refractivity contribution < 1.29 is 9.53 Å². The van der Waals surface area contributed by atoms with E-state index in [9.17, 15) is 4.79 Å². The number of benzene rings is 1. The maximum Gasteiger partial charge on any atom is 0.238 e. The number of carbonyl (C=O) groups excluding carboxylic acids is 1. The molecule has 0 saturated carbocycles. The summed E-state index contributed by atoms with van der Waals surface area (Å²) in [5.74, 6) is 2.76. The van der Waals surface area contributed by atoms with Crippen molar-refractivity contribution in [2.24, 2.45) is 0 Å². The van der Waals surface area contributed by atoms with Gasteiger partial charge in [0.1, 0.15) is 5.75 Å². The SMILES string of the molecule is COc1cc(N)ccc1NC(=O)CN1CCSCC1. The Bertz CT molecular complexity index is 448. The molecule has 1 aliphatic heterocycles. The van der Waals surface area contributed by atoms with Gasteiger partial charge in [-0.2, -0.15) is 11.8 Å². The highest BCUT2D eigenvalue weighted by Crippen LogP contribution is 2.26. The van der Waals surface area contributed by atoms with E-state index in [2.05, 4.69) is 10.2 Å². The summed E-state index contributed by atoms with van der Waals surface area (Å²) in [6.07, 6.45) is 0. The van der Waals surface area contributed by atoms with Crippen molar-refractivity contribution in [1.82, 2.24) is 4.90 Å². The number of hydrogen-bond acceptors (Lipinski definition) is 5. The van der Waals surface area contributed by atoms with Gasteiger partial charge >= 0.3 is 0 Å². The minimum atomic E-state index is -0.0185. The third-order valence-electron chi connectivity index (χ3n) is 2.97. The number of anilines is 2. The second-order valence-electron chi connectivity index (χ2n) is 4.40. The van der Waals surface area contributed by atoms with E-state index < -0.39 is 0 Å². The Morgan fingerprint density at radius 2 is 2.21 bits per heavy atom. The fourth-order valence-corrected chi connectivity index (χ4v) is 2.94. The van der Waals surface area contributed by atoms with Crippen molar-refractivity contribution in [1.29, 1.82) is 0 Å². The highest BCUT2D eigenvalue weighted by Gasteiger charge is 2.15. The zero-order valence-electron chi connectivity index (χ0n) is 11.0. The number of hydrogen-bond donors (Lipinski definition) is 2. The van der Waals surface area contributed by atoms with E-state index in [-0.39, 0.29) is 5.91 Å². The van der Waals surface area contributed by atoms with Crippen molar-refractivity contribution >= 4 is 29.0 Å². The van der Waals surface area contributed by atoms with Crippen LogP contribution in [-0.4, -0.2) is 49.1 Å². The standard InChI is InChI=1S/C13H19N3O2S/c1-18-12-8-10(14)2-3-11(12)15-13(17)9-16-4-6-19-7-5-16/h2-3,8H,4-7,9,14H2,1H3,(H,15,17). The molecule has 3 N–H and O–H groups in total. The predicted molar refractivity (Wildman–Crippen MR) is 79.8 cm³/mol. The quantitative estimate of drug-likeness (QED) is 0.813. The lowest BCUT2D eigenvalue weighted by atomic mass is 10.2. The van der Waals surface area contributed by atoms with Crippen LogP contribution in [0, 0.1) is 0 Å². The van der Waals surface area contributed by atoms with Crippen LogP contribution in [0.2, 0.25) is 0 Å². The Morgan fingerprint density at radius 1 is 1.47 bits per heavy atom. The number of methoxy groups -OCH3 is 1. The first-order chi connectivity index (χ1) is 9.19. The zero-order chi connectivity index (χ0) is 13.7. The molecule has 0 aromatic heterocycles. The lowest BCUT2D eigenvalue weighted by molar-refractivity contribution is -0.117. The van der Waals surface area contributed by atoms with Gasteiger partial charge < -0.3 is 15.8 Å². The summed E-state index contributed by atoms with van der Waals surface area (Å²) in [6, 6.07) is 5.21. The largest absolute Gasteiger partial charge is 0.494 e. The van der Waals surface area contributed by atoms with Gasteiger partial charge in [-0.25, -0.2) is 0 Å². The van der Waals surface area contributed by atoms with Gasteiger partial charge in [0.05, 0.1) is 19.3 Å². The lowest BCUT2D eigenvalue weighted by Crippen LogP contribution is -2.38. The Balaban J connectivity index is 1.94. The molecule has 2 rings (SSSR count). The van der Waals surface area contributed by atoms with Crippen LogP contribution in [0.3, 0.4) is 0 Å². The van der Waals surface area contributed by atoms with Crippen molar-refractivity contribution in [3.8, 4) is 5.75 Å². The number of nitrogens with two attached hydrogens (primary N) is 1. The number of nitrogens with zero attached hydrogens (tertiary/aromatic N) is 1. The minimum absolute atomic E-state index is 0.0185.